The van der Waals surface area contributed by atoms with Gasteiger partial charge in [-0.3, -0.25) is 4.79 Å². The van der Waals surface area contributed by atoms with Crippen LogP contribution in [0.5, 0.6) is 0 Å². The molecule has 0 saturated carbocycles. The Balaban J connectivity index is 1.91. The van der Waals surface area contributed by atoms with E-state index in [9.17, 15) is 9.59 Å². The molecule has 1 aliphatic rings. The second kappa shape index (κ2) is 6.89. The van der Waals surface area contributed by atoms with E-state index in [1.165, 1.54) is 11.3 Å². The first-order valence-corrected chi connectivity index (χ1v) is 8.20. The maximum Gasteiger partial charge on any atom is 0.320 e. The minimum atomic E-state index is -0.0331. The van der Waals surface area contributed by atoms with Crippen LogP contribution in [0.1, 0.15) is 29.3 Å². The second-order valence-corrected chi connectivity index (χ2v) is 6.05. The highest BCUT2D eigenvalue weighted by atomic mass is 32.1. The van der Waals surface area contributed by atoms with Crippen molar-refractivity contribution in [2.24, 2.45) is 0 Å². The molecule has 0 radical (unpaired) electrons. The Bertz CT molecular complexity index is 505. The monoisotopic (exact) mass is 310 g/mol. The number of thiazole rings is 1. The van der Waals surface area contributed by atoms with Crippen molar-refractivity contribution in [1.82, 2.24) is 19.7 Å². The van der Waals surface area contributed by atoms with Gasteiger partial charge >= 0.3 is 6.03 Å². The van der Waals surface area contributed by atoms with Crippen molar-refractivity contribution in [1.29, 1.82) is 0 Å². The van der Waals surface area contributed by atoms with Crippen LogP contribution in [-0.2, 0) is 0 Å². The van der Waals surface area contributed by atoms with Crippen molar-refractivity contribution in [3.8, 4) is 0 Å². The lowest BCUT2D eigenvalue weighted by Crippen LogP contribution is -2.54. The van der Waals surface area contributed by atoms with E-state index in [1.807, 2.05) is 25.7 Å². The zero-order valence-corrected chi connectivity index (χ0v) is 13.7. The Morgan fingerprint density at radius 1 is 1.19 bits per heavy atom. The highest BCUT2D eigenvalue weighted by molar-refractivity contribution is 7.09. The van der Waals surface area contributed by atoms with Crippen LogP contribution in [0.3, 0.4) is 0 Å². The summed E-state index contributed by atoms with van der Waals surface area (Å²) in [5.74, 6) is -0.0331. The molecule has 0 bridgehead atoms. The maximum absolute atomic E-state index is 12.3. The number of piperazine rings is 1. The molecule has 21 heavy (non-hydrogen) atoms. The predicted molar refractivity (Wildman–Crippen MR) is 82.6 cm³/mol. The Kier molecular flexibility index (Phi) is 5.17. The molecule has 1 saturated heterocycles. The van der Waals surface area contributed by atoms with Crippen LogP contribution in [0.15, 0.2) is 5.38 Å². The largest absolute Gasteiger partial charge is 0.334 e. The van der Waals surface area contributed by atoms with Gasteiger partial charge in [0, 0.05) is 44.6 Å². The molecule has 1 aliphatic heterocycles. The predicted octanol–water partition coefficient (Wildman–Crippen LogP) is 1.67. The second-order valence-electron chi connectivity index (χ2n) is 4.99. The molecule has 3 amide bonds. The Hall–Kier alpha value is -1.63. The summed E-state index contributed by atoms with van der Waals surface area (Å²) >= 11 is 1.48. The summed E-state index contributed by atoms with van der Waals surface area (Å²) in [5, 5.41) is 2.69. The lowest BCUT2D eigenvalue weighted by atomic mass is 10.3. The Morgan fingerprint density at radius 3 is 2.24 bits per heavy atom. The molecular formula is C14H22N4O2S. The summed E-state index contributed by atoms with van der Waals surface area (Å²) in [5.41, 5.74) is 0.515. The average molecular weight is 310 g/mol. The smallest absolute Gasteiger partial charge is 0.320 e. The molecule has 0 aliphatic carbocycles. The van der Waals surface area contributed by atoms with Gasteiger partial charge in [0.05, 0.1) is 5.01 Å². The van der Waals surface area contributed by atoms with Gasteiger partial charge in [0.1, 0.15) is 5.69 Å². The van der Waals surface area contributed by atoms with Crippen molar-refractivity contribution in [3.63, 3.8) is 0 Å². The SMILES string of the molecule is CCN(CC)C(=O)N1CCN(C(=O)c2csc(C)n2)CC1. The standard InChI is InChI=1S/C14H22N4O2S/c1-4-16(5-2)14(20)18-8-6-17(7-9-18)13(19)12-10-21-11(3)15-12/h10H,4-9H2,1-3H3. The van der Waals surface area contributed by atoms with E-state index in [-0.39, 0.29) is 11.9 Å². The van der Waals surface area contributed by atoms with E-state index >= 15 is 0 Å². The zero-order valence-electron chi connectivity index (χ0n) is 12.8. The third-order valence-electron chi connectivity index (χ3n) is 3.71. The molecule has 2 heterocycles. The van der Waals surface area contributed by atoms with Crippen LogP contribution in [0.4, 0.5) is 4.79 Å². The van der Waals surface area contributed by atoms with Crippen molar-refractivity contribution < 1.29 is 9.59 Å². The number of aromatic nitrogens is 1. The average Bonchev–Trinajstić information content (AvgIpc) is 2.94. The summed E-state index contributed by atoms with van der Waals surface area (Å²) in [6.07, 6.45) is 0. The summed E-state index contributed by atoms with van der Waals surface area (Å²) in [4.78, 5) is 34.2. The van der Waals surface area contributed by atoms with Gasteiger partial charge in [0.2, 0.25) is 0 Å². The molecule has 1 aromatic rings. The number of aryl methyl sites for hydroxylation is 1. The van der Waals surface area contributed by atoms with Crippen LogP contribution in [0, 0.1) is 6.92 Å². The topological polar surface area (TPSA) is 56.8 Å². The number of rotatable bonds is 3. The molecule has 116 valence electrons. The van der Waals surface area contributed by atoms with Gasteiger partial charge in [-0.25, -0.2) is 9.78 Å². The molecule has 0 aromatic carbocycles. The van der Waals surface area contributed by atoms with Gasteiger partial charge in [0.25, 0.3) is 5.91 Å². The van der Waals surface area contributed by atoms with E-state index in [4.69, 9.17) is 0 Å². The molecule has 0 unspecified atom stereocenters. The van der Waals surface area contributed by atoms with Gasteiger partial charge in [-0.15, -0.1) is 11.3 Å². The van der Waals surface area contributed by atoms with Crippen LogP contribution >= 0.6 is 11.3 Å². The Labute approximate surface area is 129 Å². The number of carbonyl (C=O) groups excluding carboxylic acids is 2. The molecule has 7 heteroatoms. The van der Waals surface area contributed by atoms with E-state index in [1.54, 1.807) is 15.2 Å². The van der Waals surface area contributed by atoms with Crippen molar-refractivity contribution in [3.05, 3.63) is 16.1 Å². The minimum absolute atomic E-state index is 0.0331. The molecule has 2 rings (SSSR count). The van der Waals surface area contributed by atoms with Crippen molar-refractivity contribution in [2.75, 3.05) is 39.3 Å². The number of amides is 3. The van der Waals surface area contributed by atoms with Crippen molar-refractivity contribution >= 4 is 23.3 Å². The highest BCUT2D eigenvalue weighted by Crippen LogP contribution is 2.13. The summed E-state index contributed by atoms with van der Waals surface area (Å²) in [6.45, 7) is 9.60. The van der Waals surface area contributed by atoms with E-state index in [0.717, 1.165) is 5.01 Å². The molecule has 1 aromatic heterocycles. The first kappa shape index (κ1) is 15.8. The molecular weight excluding hydrogens is 288 g/mol. The third kappa shape index (κ3) is 3.53. The van der Waals surface area contributed by atoms with E-state index in [2.05, 4.69) is 4.98 Å². The first-order valence-electron chi connectivity index (χ1n) is 7.32. The quantitative estimate of drug-likeness (QED) is 0.853. The normalized spacial score (nSPS) is 15.2. The lowest BCUT2D eigenvalue weighted by Gasteiger charge is -2.36. The minimum Gasteiger partial charge on any atom is -0.334 e. The molecule has 1 fully saturated rings. The first-order chi connectivity index (χ1) is 10.1. The summed E-state index contributed by atoms with van der Waals surface area (Å²) < 4.78 is 0. The molecule has 0 atom stereocenters. The fourth-order valence-electron chi connectivity index (χ4n) is 2.42. The van der Waals surface area contributed by atoms with Gasteiger partial charge in [-0.1, -0.05) is 0 Å². The molecule has 0 N–H and O–H groups in total. The van der Waals surface area contributed by atoms with Gasteiger partial charge in [-0.05, 0) is 20.8 Å². The van der Waals surface area contributed by atoms with Crippen LogP contribution in [0.2, 0.25) is 0 Å². The molecule has 6 nitrogen and oxygen atoms in total. The number of hydrogen-bond donors (Lipinski definition) is 0. The number of hydrogen-bond acceptors (Lipinski definition) is 4. The lowest BCUT2D eigenvalue weighted by molar-refractivity contribution is 0.0636. The third-order valence-corrected chi connectivity index (χ3v) is 4.48. The van der Waals surface area contributed by atoms with Gasteiger partial charge in [0.15, 0.2) is 0 Å². The maximum atomic E-state index is 12.3. The number of urea groups is 1. The zero-order chi connectivity index (χ0) is 15.4. The molecule has 0 spiro atoms. The van der Waals surface area contributed by atoms with Crippen LogP contribution in [0.25, 0.3) is 0 Å². The van der Waals surface area contributed by atoms with E-state index in [0.29, 0.717) is 45.0 Å². The fraction of sp³-hybridized carbons (Fsp3) is 0.643. The fourth-order valence-corrected chi connectivity index (χ4v) is 3.01. The van der Waals surface area contributed by atoms with E-state index < -0.39 is 0 Å². The summed E-state index contributed by atoms with van der Waals surface area (Å²) in [6, 6.07) is 0.0663. The van der Waals surface area contributed by atoms with Gasteiger partial charge in [-0.2, -0.15) is 0 Å². The number of carbonyl (C=O) groups is 2. The van der Waals surface area contributed by atoms with Crippen molar-refractivity contribution in [2.45, 2.75) is 20.8 Å². The Morgan fingerprint density at radius 2 is 1.76 bits per heavy atom. The van der Waals surface area contributed by atoms with Crippen LogP contribution < -0.4 is 0 Å². The van der Waals surface area contributed by atoms with Crippen LogP contribution in [-0.4, -0.2) is 70.9 Å². The van der Waals surface area contributed by atoms with Gasteiger partial charge < -0.3 is 14.7 Å². The highest BCUT2D eigenvalue weighted by Gasteiger charge is 2.27. The summed E-state index contributed by atoms with van der Waals surface area (Å²) in [7, 11) is 0. The number of nitrogens with zero attached hydrogens (tertiary/aromatic N) is 4.